The van der Waals surface area contributed by atoms with Crippen LogP contribution in [-0.4, -0.2) is 29.5 Å². The van der Waals surface area contributed by atoms with E-state index >= 15 is 0 Å². The molecule has 0 spiro atoms. The standard InChI is InChI=1S/C9H18N4O2/c1-6(10)7-12-13-8(15-7)11-9(2,3)5-14-4/h6H,5,10H2,1-4H3,(H,11,13). The molecular weight excluding hydrogens is 196 g/mol. The molecule has 6 heteroatoms. The molecule has 1 rings (SSSR count). The second-order valence-corrected chi connectivity index (χ2v) is 4.18. The third-order valence-corrected chi connectivity index (χ3v) is 1.78. The van der Waals surface area contributed by atoms with Gasteiger partial charge in [0.15, 0.2) is 0 Å². The number of methoxy groups -OCH3 is 1. The van der Waals surface area contributed by atoms with Crippen molar-refractivity contribution in [2.24, 2.45) is 5.73 Å². The first kappa shape index (κ1) is 11.9. The predicted octanol–water partition coefficient (Wildman–Crippen LogP) is 0.926. The van der Waals surface area contributed by atoms with E-state index in [0.717, 1.165) is 0 Å². The molecule has 1 aromatic heterocycles. The third kappa shape index (κ3) is 3.49. The summed E-state index contributed by atoms with van der Waals surface area (Å²) in [6, 6.07) is 0.114. The van der Waals surface area contributed by atoms with Gasteiger partial charge in [0.05, 0.1) is 18.2 Å². The Kier molecular flexibility index (Phi) is 3.65. The van der Waals surface area contributed by atoms with Crippen LogP contribution in [0.2, 0.25) is 0 Å². The molecule has 0 aliphatic rings. The van der Waals surface area contributed by atoms with Crippen LogP contribution < -0.4 is 11.1 Å². The highest BCUT2D eigenvalue weighted by atomic mass is 16.5. The van der Waals surface area contributed by atoms with E-state index in [9.17, 15) is 0 Å². The number of ether oxygens (including phenoxy) is 1. The van der Waals surface area contributed by atoms with E-state index in [1.807, 2.05) is 13.8 Å². The summed E-state index contributed by atoms with van der Waals surface area (Å²) in [5.41, 5.74) is 5.35. The van der Waals surface area contributed by atoms with Crippen molar-refractivity contribution in [3.63, 3.8) is 0 Å². The Hall–Kier alpha value is -1.14. The summed E-state index contributed by atoms with van der Waals surface area (Å²) in [5, 5.41) is 10.7. The fourth-order valence-corrected chi connectivity index (χ4v) is 1.16. The highest BCUT2D eigenvalue weighted by Crippen LogP contribution is 2.16. The lowest BCUT2D eigenvalue weighted by molar-refractivity contribution is 0.156. The van der Waals surface area contributed by atoms with Crippen molar-refractivity contribution < 1.29 is 9.15 Å². The lowest BCUT2D eigenvalue weighted by Crippen LogP contribution is -2.36. The normalized spacial score (nSPS) is 13.9. The second-order valence-electron chi connectivity index (χ2n) is 4.18. The van der Waals surface area contributed by atoms with Crippen LogP contribution in [0, 0.1) is 0 Å². The van der Waals surface area contributed by atoms with Crippen molar-refractivity contribution in [1.29, 1.82) is 0 Å². The molecule has 0 saturated heterocycles. The van der Waals surface area contributed by atoms with Crippen molar-refractivity contribution in [1.82, 2.24) is 10.2 Å². The van der Waals surface area contributed by atoms with Crippen LogP contribution in [0.3, 0.4) is 0 Å². The van der Waals surface area contributed by atoms with Crippen molar-refractivity contribution in [3.8, 4) is 0 Å². The van der Waals surface area contributed by atoms with Gasteiger partial charge in [-0.3, -0.25) is 0 Å². The maximum atomic E-state index is 5.60. The summed E-state index contributed by atoms with van der Waals surface area (Å²) in [4.78, 5) is 0. The first-order chi connectivity index (χ1) is 6.94. The van der Waals surface area contributed by atoms with Crippen LogP contribution in [0.15, 0.2) is 4.42 Å². The quantitative estimate of drug-likeness (QED) is 0.758. The molecule has 0 bridgehead atoms. The molecule has 3 N–H and O–H groups in total. The average Bonchev–Trinajstić information content (AvgIpc) is 2.51. The van der Waals surface area contributed by atoms with Crippen LogP contribution in [0.5, 0.6) is 0 Å². The van der Waals surface area contributed by atoms with Crippen molar-refractivity contribution in [3.05, 3.63) is 5.89 Å². The zero-order valence-electron chi connectivity index (χ0n) is 9.57. The molecular formula is C9H18N4O2. The largest absolute Gasteiger partial charge is 0.406 e. The highest BCUT2D eigenvalue weighted by molar-refractivity contribution is 5.23. The minimum absolute atomic E-state index is 0.251. The monoisotopic (exact) mass is 214 g/mol. The predicted molar refractivity (Wildman–Crippen MR) is 56.5 cm³/mol. The van der Waals surface area contributed by atoms with Gasteiger partial charge in [0.25, 0.3) is 0 Å². The van der Waals surface area contributed by atoms with E-state index < -0.39 is 0 Å². The minimum atomic E-state index is -0.254. The van der Waals surface area contributed by atoms with Gasteiger partial charge in [-0.1, -0.05) is 5.10 Å². The summed E-state index contributed by atoms with van der Waals surface area (Å²) in [6.07, 6.45) is 0. The Labute approximate surface area is 89.2 Å². The summed E-state index contributed by atoms with van der Waals surface area (Å²) >= 11 is 0. The molecule has 0 aliphatic heterocycles. The van der Waals surface area contributed by atoms with E-state index in [2.05, 4.69) is 15.5 Å². The van der Waals surface area contributed by atoms with Crippen molar-refractivity contribution in [2.75, 3.05) is 19.0 Å². The highest BCUT2D eigenvalue weighted by Gasteiger charge is 2.20. The Balaban J connectivity index is 2.64. The molecule has 0 radical (unpaired) electrons. The molecule has 15 heavy (non-hydrogen) atoms. The molecule has 86 valence electrons. The fraction of sp³-hybridized carbons (Fsp3) is 0.778. The van der Waals surface area contributed by atoms with Crippen LogP contribution in [0.25, 0.3) is 0 Å². The number of anilines is 1. The van der Waals surface area contributed by atoms with Crippen molar-refractivity contribution in [2.45, 2.75) is 32.4 Å². The number of hydrogen-bond acceptors (Lipinski definition) is 6. The molecule has 6 nitrogen and oxygen atoms in total. The maximum Gasteiger partial charge on any atom is 0.316 e. The van der Waals surface area contributed by atoms with Gasteiger partial charge in [-0.05, 0) is 20.8 Å². The molecule has 0 fully saturated rings. The molecule has 1 heterocycles. The van der Waals surface area contributed by atoms with Gasteiger partial charge in [-0.15, -0.1) is 5.10 Å². The minimum Gasteiger partial charge on any atom is -0.406 e. The maximum absolute atomic E-state index is 5.60. The van der Waals surface area contributed by atoms with E-state index in [4.69, 9.17) is 14.9 Å². The van der Waals surface area contributed by atoms with Crippen LogP contribution in [0.1, 0.15) is 32.7 Å². The summed E-state index contributed by atoms with van der Waals surface area (Å²) in [5.74, 6) is 0.422. The Morgan fingerprint density at radius 2 is 2.20 bits per heavy atom. The average molecular weight is 214 g/mol. The molecule has 1 aromatic rings. The number of nitrogens with zero attached hydrogens (tertiary/aromatic N) is 2. The second kappa shape index (κ2) is 4.59. The first-order valence-corrected chi connectivity index (χ1v) is 4.81. The topological polar surface area (TPSA) is 86.2 Å². The van der Waals surface area contributed by atoms with Crippen LogP contribution >= 0.6 is 0 Å². The van der Waals surface area contributed by atoms with Gasteiger partial charge in [-0.2, -0.15) is 0 Å². The number of nitrogens with two attached hydrogens (primary N) is 1. The van der Waals surface area contributed by atoms with Crippen LogP contribution in [-0.2, 0) is 4.74 Å². The Morgan fingerprint density at radius 3 is 2.67 bits per heavy atom. The van der Waals surface area contributed by atoms with Gasteiger partial charge in [-0.25, -0.2) is 0 Å². The zero-order chi connectivity index (χ0) is 11.5. The number of nitrogens with one attached hydrogen (secondary N) is 1. The SMILES string of the molecule is COCC(C)(C)Nc1nnc(C(C)N)o1. The molecule has 0 amide bonds. The van der Waals surface area contributed by atoms with E-state index in [0.29, 0.717) is 18.5 Å². The Bertz CT molecular complexity index is 309. The zero-order valence-corrected chi connectivity index (χ0v) is 9.57. The summed E-state index contributed by atoms with van der Waals surface area (Å²) in [6.45, 7) is 6.29. The van der Waals surface area contributed by atoms with Gasteiger partial charge >= 0.3 is 6.01 Å². The first-order valence-electron chi connectivity index (χ1n) is 4.81. The summed E-state index contributed by atoms with van der Waals surface area (Å²) in [7, 11) is 1.64. The molecule has 1 unspecified atom stereocenters. The molecule has 1 atom stereocenters. The van der Waals surface area contributed by atoms with E-state index in [1.165, 1.54) is 0 Å². The van der Waals surface area contributed by atoms with E-state index in [1.54, 1.807) is 14.0 Å². The van der Waals surface area contributed by atoms with Gasteiger partial charge < -0.3 is 20.2 Å². The molecule has 0 aliphatic carbocycles. The van der Waals surface area contributed by atoms with Crippen LogP contribution in [0.4, 0.5) is 6.01 Å². The summed E-state index contributed by atoms with van der Waals surface area (Å²) < 4.78 is 10.4. The molecule has 0 saturated carbocycles. The van der Waals surface area contributed by atoms with Gasteiger partial charge in [0, 0.05) is 7.11 Å². The number of hydrogen-bond donors (Lipinski definition) is 2. The smallest absolute Gasteiger partial charge is 0.316 e. The van der Waals surface area contributed by atoms with Gasteiger partial charge in [0.1, 0.15) is 0 Å². The lowest BCUT2D eigenvalue weighted by atomic mass is 10.1. The number of rotatable bonds is 5. The fourth-order valence-electron chi connectivity index (χ4n) is 1.16. The van der Waals surface area contributed by atoms with E-state index in [-0.39, 0.29) is 11.6 Å². The molecule has 0 aromatic carbocycles. The Morgan fingerprint density at radius 1 is 1.53 bits per heavy atom. The lowest BCUT2D eigenvalue weighted by Gasteiger charge is -2.23. The van der Waals surface area contributed by atoms with Crippen molar-refractivity contribution >= 4 is 6.01 Å². The number of aromatic nitrogens is 2. The third-order valence-electron chi connectivity index (χ3n) is 1.78. The van der Waals surface area contributed by atoms with Gasteiger partial charge in [0.2, 0.25) is 5.89 Å².